The van der Waals surface area contributed by atoms with Gasteiger partial charge in [-0.3, -0.25) is 0 Å². The molecule has 0 aliphatic heterocycles. The number of fused-ring (bicyclic) bond motifs is 1. The summed E-state index contributed by atoms with van der Waals surface area (Å²) in [7, 11) is 0. The average Bonchev–Trinajstić information content (AvgIpc) is 2.52. The van der Waals surface area contributed by atoms with E-state index in [1.807, 2.05) is 36.6 Å². The summed E-state index contributed by atoms with van der Waals surface area (Å²) < 4.78 is 10.9. The molecule has 2 aromatic rings. The van der Waals surface area contributed by atoms with E-state index in [1.165, 1.54) is 17.4 Å². The molecule has 1 N–H and O–H groups in total. The Bertz CT molecular complexity index is 598. The summed E-state index contributed by atoms with van der Waals surface area (Å²) in [6.07, 6.45) is 3.77. The first kappa shape index (κ1) is 15.9. The van der Waals surface area contributed by atoms with Gasteiger partial charge < -0.3 is 14.0 Å². The molecule has 0 radical (unpaired) electrons. The van der Waals surface area contributed by atoms with E-state index in [4.69, 9.17) is 8.92 Å². The van der Waals surface area contributed by atoms with Gasteiger partial charge in [-0.1, -0.05) is 36.4 Å². The molecule has 0 aliphatic carbocycles. The Labute approximate surface area is 129 Å². The number of aliphatic hydroxyl groups is 1. The summed E-state index contributed by atoms with van der Waals surface area (Å²) in [6, 6.07) is 12.2. The fourth-order valence-electron chi connectivity index (χ4n) is 2.19. The predicted molar refractivity (Wildman–Crippen MR) is 88.8 cm³/mol. The Morgan fingerprint density at radius 1 is 1.24 bits per heavy atom. The van der Waals surface area contributed by atoms with Crippen LogP contribution in [0.5, 0.6) is 5.75 Å². The van der Waals surface area contributed by atoms with E-state index in [9.17, 15) is 5.11 Å². The lowest BCUT2D eigenvalue weighted by molar-refractivity contribution is 0.0698. The normalized spacial score (nSPS) is 12.3. The van der Waals surface area contributed by atoms with Gasteiger partial charge >= 0.3 is 0 Å². The SMILES string of the molecule is C=CCc1c(OCC(O)COSC)ccc2ccccc12. The van der Waals surface area contributed by atoms with Crippen molar-refractivity contribution in [1.29, 1.82) is 0 Å². The van der Waals surface area contributed by atoms with Crippen molar-refractivity contribution in [3.05, 3.63) is 54.6 Å². The largest absolute Gasteiger partial charge is 0.490 e. The summed E-state index contributed by atoms with van der Waals surface area (Å²) in [5.74, 6) is 0.789. The van der Waals surface area contributed by atoms with Crippen LogP contribution in [-0.4, -0.2) is 30.7 Å². The molecule has 0 fully saturated rings. The Hall–Kier alpha value is -1.49. The van der Waals surface area contributed by atoms with Gasteiger partial charge in [0.05, 0.1) is 6.61 Å². The zero-order chi connectivity index (χ0) is 15.1. The van der Waals surface area contributed by atoms with Crippen LogP contribution in [0.1, 0.15) is 5.56 Å². The van der Waals surface area contributed by atoms with Crippen LogP contribution in [0.15, 0.2) is 49.1 Å². The Morgan fingerprint density at radius 3 is 2.81 bits per heavy atom. The molecule has 0 saturated carbocycles. The lowest BCUT2D eigenvalue weighted by Gasteiger charge is -2.16. The summed E-state index contributed by atoms with van der Waals surface area (Å²) in [5.41, 5.74) is 1.10. The molecule has 0 amide bonds. The Balaban J connectivity index is 2.18. The van der Waals surface area contributed by atoms with Gasteiger partial charge in [0.2, 0.25) is 0 Å². The third kappa shape index (κ3) is 4.24. The van der Waals surface area contributed by atoms with Gasteiger partial charge in [-0.05, 0) is 35.3 Å². The molecule has 1 unspecified atom stereocenters. The second-order valence-electron chi connectivity index (χ2n) is 4.67. The monoisotopic (exact) mass is 304 g/mol. The summed E-state index contributed by atoms with van der Waals surface area (Å²) >= 11 is 1.24. The molecule has 1 atom stereocenters. The minimum absolute atomic E-state index is 0.211. The Kier molecular flexibility index (Phi) is 6.11. The molecule has 0 aromatic heterocycles. The first-order valence-electron chi connectivity index (χ1n) is 6.84. The van der Waals surface area contributed by atoms with Gasteiger partial charge in [0, 0.05) is 11.8 Å². The molecule has 2 rings (SSSR count). The van der Waals surface area contributed by atoms with Crippen LogP contribution in [0, 0.1) is 0 Å². The van der Waals surface area contributed by atoms with Gasteiger partial charge in [-0.2, -0.15) is 0 Å². The van der Waals surface area contributed by atoms with Crippen LogP contribution >= 0.6 is 12.0 Å². The number of hydrogen-bond donors (Lipinski definition) is 1. The van der Waals surface area contributed by atoms with E-state index in [2.05, 4.69) is 18.7 Å². The molecule has 0 aliphatic rings. The van der Waals surface area contributed by atoms with Gasteiger partial charge in [0.25, 0.3) is 0 Å². The lowest BCUT2D eigenvalue weighted by Crippen LogP contribution is -2.22. The smallest absolute Gasteiger partial charge is 0.123 e. The number of ether oxygens (including phenoxy) is 1. The van der Waals surface area contributed by atoms with Crippen molar-refractivity contribution in [3.63, 3.8) is 0 Å². The molecular formula is C17H20O3S. The number of rotatable bonds is 8. The summed E-state index contributed by atoms with van der Waals surface area (Å²) in [5, 5.41) is 12.1. The third-order valence-electron chi connectivity index (χ3n) is 3.16. The number of hydrogen-bond acceptors (Lipinski definition) is 4. The molecule has 0 spiro atoms. The van der Waals surface area contributed by atoms with Crippen molar-refractivity contribution in [3.8, 4) is 5.75 Å². The predicted octanol–water partition coefficient (Wildman–Crippen LogP) is 3.60. The maximum Gasteiger partial charge on any atom is 0.123 e. The second kappa shape index (κ2) is 8.08. The quantitative estimate of drug-likeness (QED) is 0.597. The fourth-order valence-corrected chi connectivity index (χ4v) is 2.48. The van der Waals surface area contributed by atoms with Crippen molar-refractivity contribution in [2.24, 2.45) is 0 Å². The zero-order valence-corrected chi connectivity index (χ0v) is 12.9. The lowest BCUT2D eigenvalue weighted by atomic mass is 10.0. The molecule has 4 heteroatoms. The van der Waals surface area contributed by atoms with E-state index in [0.717, 1.165) is 23.1 Å². The van der Waals surface area contributed by atoms with Crippen LogP contribution in [0.2, 0.25) is 0 Å². The first-order chi connectivity index (χ1) is 10.3. The van der Waals surface area contributed by atoms with Crippen LogP contribution in [0.3, 0.4) is 0 Å². The second-order valence-corrected chi connectivity index (χ2v) is 5.24. The molecule has 0 saturated heterocycles. The highest BCUT2D eigenvalue weighted by atomic mass is 32.2. The molecule has 2 aromatic carbocycles. The highest BCUT2D eigenvalue weighted by Gasteiger charge is 2.10. The molecule has 0 bridgehead atoms. The van der Waals surface area contributed by atoms with Gasteiger partial charge in [-0.25, -0.2) is 0 Å². The van der Waals surface area contributed by atoms with Crippen LogP contribution in [-0.2, 0) is 10.6 Å². The van der Waals surface area contributed by atoms with Crippen molar-refractivity contribution in [2.75, 3.05) is 19.5 Å². The van der Waals surface area contributed by atoms with Crippen molar-refractivity contribution in [1.82, 2.24) is 0 Å². The highest BCUT2D eigenvalue weighted by molar-refractivity contribution is 7.93. The molecule has 112 valence electrons. The fraction of sp³-hybridized carbons (Fsp3) is 0.294. The van der Waals surface area contributed by atoms with Crippen LogP contribution < -0.4 is 4.74 Å². The average molecular weight is 304 g/mol. The van der Waals surface area contributed by atoms with Crippen molar-refractivity contribution in [2.45, 2.75) is 12.5 Å². The molecule has 3 nitrogen and oxygen atoms in total. The minimum atomic E-state index is -0.638. The van der Waals surface area contributed by atoms with Gasteiger partial charge in [-0.15, -0.1) is 6.58 Å². The molecular weight excluding hydrogens is 284 g/mol. The van der Waals surface area contributed by atoms with Gasteiger partial charge in [0.15, 0.2) is 0 Å². The van der Waals surface area contributed by atoms with Crippen LogP contribution in [0.25, 0.3) is 10.8 Å². The first-order valence-corrected chi connectivity index (χ1v) is 7.99. The number of aliphatic hydroxyl groups excluding tert-OH is 1. The third-order valence-corrected chi connectivity index (χ3v) is 3.53. The zero-order valence-electron chi connectivity index (χ0n) is 12.1. The number of allylic oxidation sites excluding steroid dienone is 1. The van der Waals surface area contributed by atoms with E-state index in [1.54, 1.807) is 0 Å². The summed E-state index contributed by atoms with van der Waals surface area (Å²) in [4.78, 5) is 0. The summed E-state index contributed by atoms with van der Waals surface area (Å²) in [6.45, 7) is 4.28. The van der Waals surface area contributed by atoms with Gasteiger partial charge in [0.1, 0.15) is 18.5 Å². The highest BCUT2D eigenvalue weighted by Crippen LogP contribution is 2.29. The van der Waals surface area contributed by atoms with Crippen molar-refractivity contribution >= 4 is 22.8 Å². The van der Waals surface area contributed by atoms with E-state index < -0.39 is 6.10 Å². The topological polar surface area (TPSA) is 38.7 Å². The maximum absolute atomic E-state index is 9.79. The Morgan fingerprint density at radius 2 is 2.05 bits per heavy atom. The minimum Gasteiger partial charge on any atom is -0.490 e. The maximum atomic E-state index is 9.79. The molecule has 21 heavy (non-hydrogen) atoms. The van der Waals surface area contributed by atoms with Crippen molar-refractivity contribution < 1.29 is 14.0 Å². The van der Waals surface area contributed by atoms with E-state index >= 15 is 0 Å². The standard InChI is InChI=1S/C17H20O3S/c1-3-6-16-15-8-5-4-7-13(15)9-10-17(16)19-11-14(18)12-20-21-2/h3-5,7-10,14,18H,1,6,11-12H2,2H3. The van der Waals surface area contributed by atoms with Crippen LogP contribution in [0.4, 0.5) is 0 Å². The number of benzene rings is 2. The van der Waals surface area contributed by atoms with E-state index in [-0.39, 0.29) is 13.2 Å². The molecule has 0 heterocycles. The van der Waals surface area contributed by atoms with E-state index in [0.29, 0.717) is 0 Å².